The highest BCUT2D eigenvalue weighted by Crippen LogP contribution is 2.45. The molecule has 1 unspecified atom stereocenters. The van der Waals surface area contributed by atoms with Gasteiger partial charge in [0.15, 0.2) is 0 Å². The number of halogens is 3. The van der Waals surface area contributed by atoms with Gasteiger partial charge < -0.3 is 15.1 Å². The number of carbonyl (C=O) groups excluding carboxylic acids is 2. The summed E-state index contributed by atoms with van der Waals surface area (Å²) in [6.07, 6.45) is -4.13. The Bertz CT molecular complexity index is 1320. The highest BCUT2D eigenvalue weighted by atomic mass is 19.4. The second kappa shape index (κ2) is 7.25. The van der Waals surface area contributed by atoms with E-state index in [0.717, 1.165) is 10.1 Å². The van der Waals surface area contributed by atoms with Gasteiger partial charge in [-0.05, 0) is 31.2 Å². The second-order valence-corrected chi connectivity index (χ2v) is 7.17. The first-order chi connectivity index (χ1) is 15.0. The fourth-order valence-corrected chi connectivity index (χ4v) is 3.48. The first kappa shape index (κ1) is 21.2. The number of aryl methyl sites for hydroxylation is 1. The first-order valence-electron chi connectivity index (χ1n) is 9.22. The average Bonchev–Trinajstić information content (AvgIpc) is 3.32. The molecule has 1 aliphatic rings. The lowest BCUT2D eigenvalue weighted by molar-refractivity contribution is -0.196. The van der Waals surface area contributed by atoms with E-state index in [1.54, 1.807) is 17.2 Å². The third kappa shape index (κ3) is 3.20. The molecule has 1 aromatic carbocycles. The maximum atomic E-state index is 14.3. The monoisotopic (exact) mass is 448 g/mol. The molecule has 3 aromatic rings. The van der Waals surface area contributed by atoms with Crippen molar-refractivity contribution >= 4 is 17.6 Å². The molecule has 3 N–H and O–H groups in total. The molecule has 4 rings (SSSR count). The van der Waals surface area contributed by atoms with E-state index < -0.39 is 46.2 Å². The minimum Gasteiger partial charge on any atom is -0.467 e. The summed E-state index contributed by atoms with van der Waals surface area (Å²) in [5.41, 5.74) is -6.76. The molecule has 12 heteroatoms. The van der Waals surface area contributed by atoms with Crippen molar-refractivity contribution in [3.8, 4) is 0 Å². The van der Waals surface area contributed by atoms with Crippen LogP contribution in [0.15, 0.2) is 56.7 Å². The van der Waals surface area contributed by atoms with Gasteiger partial charge in [0, 0.05) is 5.56 Å². The smallest absolute Gasteiger partial charge is 0.425 e. The Morgan fingerprint density at radius 1 is 1.16 bits per heavy atom. The lowest BCUT2D eigenvalue weighted by Crippen LogP contribution is -2.62. The second-order valence-electron chi connectivity index (χ2n) is 7.17. The van der Waals surface area contributed by atoms with Gasteiger partial charge in [0.2, 0.25) is 0 Å². The van der Waals surface area contributed by atoms with E-state index >= 15 is 0 Å². The fourth-order valence-electron chi connectivity index (χ4n) is 3.48. The molecule has 1 atom stereocenters. The Hall–Kier alpha value is -4.09. The topological polar surface area (TPSA) is 126 Å². The third-order valence-electron chi connectivity index (χ3n) is 5.08. The highest BCUT2D eigenvalue weighted by molar-refractivity contribution is 6.09. The van der Waals surface area contributed by atoms with E-state index in [-0.39, 0.29) is 17.9 Å². The van der Waals surface area contributed by atoms with Crippen molar-refractivity contribution in [2.24, 2.45) is 0 Å². The van der Waals surface area contributed by atoms with E-state index in [1.807, 2.05) is 5.32 Å². The normalized spacial score (nSPS) is 17.7. The number of anilines is 1. The Morgan fingerprint density at radius 3 is 2.44 bits per heavy atom. The predicted octanol–water partition coefficient (Wildman–Crippen LogP) is 1.63. The molecule has 1 aliphatic heterocycles. The van der Waals surface area contributed by atoms with Gasteiger partial charge in [-0.1, -0.05) is 17.7 Å². The Labute approximate surface area is 176 Å². The standard InChI is InChI=1S/C20H15F3N4O5/c1-10-4-6-11(7-5-10)15(28)26-19(20(21,22)23)13-14(24-17(19)30)27(18(31)25-16(13)29)9-12-3-2-8-32-12/h2-8H,9H2,1H3,(H,24,30)(H,26,28)(H,25,29,31). The summed E-state index contributed by atoms with van der Waals surface area (Å²) in [5, 5.41) is 3.64. The van der Waals surface area contributed by atoms with Crippen LogP contribution in [0.1, 0.15) is 27.2 Å². The number of nitrogens with one attached hydrogen (secondary N) is 3. The summed E-state index contributed by atoms with van der Waals surface area (Å²) in [4.78, 5) is 52.0. The maximum Gasteiger partial charge on any atom is 0.425 e. The zero-order valence-electron chi connectivity index (χ0n) is 16.4. The first-order valence-corrected chi connectivity index (χ1v) is 9.22. The molecule has 2 amide bonds. The number of rotatable bonds is 4. The number of alkyl halides is 3. The molecular weight excluding hydrogens is 433 g/mol. The zero-order valence-corrected chi connectivity index (χ0v) is 16.4. The van der Waals surface area contributed by atoms with Crippen LogP contribution < -0.4 is 21.9 Å². The van der Waals surface area contributed by atoms with Gasteiger partial charge in [0.05, 0.1) is 12.8 Å². The van der Waals surface area contributed by atoms with Crippen LogP contribution in [0, 0.1) is 6.92 Å². The molecule has 3 heterocycles. The summed E-state index contributed by atoms with van der Waals surface area (Å²) in [6, 6.07) is 8.52. The summed E-state index contributed by atoms with van der Waals surface area (Å²) in [7, 11) is 0. The van der Waals surface area contributed by atoms with Crippen molar-refractivity contribution < 1.29 is 27.2 Å². The minimum atomic E-state index is -5.41. The number of aromatic nitrogens is 2. The van der Waals surface area contributed by atoms with Crippen LogP contribution in [0.5, 0.6) is 0 Å². The lowest BCUT2D eigenvalue weighted by atomic mass is 9.91. The molecule has 32 heavy (non-hydrogen) atoms. The van der Waals surface area contributed by atoms with Crippen molar-refractivity contribution in [2.45, 2.75) is 25.2 Å². The number of furan rings is 1. The van der Waals surface area contributed by atoms with Crippen molar-refractivity contribution in [1.29, 1.82) is 0 Å². The number of fused-ring (bicyclic) bond motifs is 1. The summed E-state index contributed by atoms with van der Waals surface area (Å²) >= 11 is 0. The Balaban J connectivity index is 1.90. The van der Waals surface area contributed by atoms with E-state index in [0.29, 0.717) is 0 Å². The van der Waals surface area contributed by atoms with Crippen molar-refractivity contribution in [1.82, 2.24) is 14.9 Å². The number of amides is 2. The van der Waals surface area contributed by atoms with Crippen LogP contribution in [0.3, 0.4) is 0 Å². The number of benzene rings is 1. The van der Waals surface area contributed by atoms with Crippen LogP contribution >= 0.6 is 0 Å². The van der Waals surface area contributed by atoms with Crippen LogP contribution in [0.2, 0.25) is 0 Å². The van der Waals surface area contributed by atoms with E-state index in [2.05, 4.69) is 0 Å². The molecule has 0 saturated heterocycles. The summed E-state index contributed by atoms with van der Waals surface area (Å²) < 4.78 is 48.8. The van der Waals surface area contributed by atoms with Gasteiger partial charge in [0.1, 0.15) is 17.1 Å². The van der Waals surface area contributed by atoms with E-state index in [1.165, 1.54) is 42.7 Å². The molecule has 166 valence electrons. The SMILES string of the molecule is Cc1ccc(C(=O)NC2(C(F)(F)F)C(=O)Nc3c2c(=O)[nH]c(=O)n3Cc2ccco2)cc1. The quantitative estimate of drug-likeness (QED) is 0.559. The van der Waals surface area contributed by atoms with Gasteiger partial charge in [-0.15, -0.1) is 0 Å². The van der Waals surface area contributed by atoms with Crippen LogP contribution in [-0.4, -0.2) is 27.5 Å². The molecule has 0 aliphatic carbocycles. The largest absolute Gasteiger partial charge is 0.467 e. The molecule has 0 bridgehead atoms. The van der Waals surface area contributed by atoms with E-state index in [9.17, 15) is 32.3 Å². The number of hydrogen-bond acceptors (Lipinski definition) is 5. The molecular formula is C20H15F3N4O5. The maximum absolute atomic E-state index is 14.3. The minimum absolute atomic E-state index is 0.152. The van der Waals surface area contributed by atoms with Gasteiger partial charge in [-0.25, -0.2) is 4.79 Å². The number of nitrogens with zero attached hydrogens (tertiary/aromatic N) is 1. The summed E-state index contributed by atoms with van der Waals surface area (Å²) in [5.74, 6) is -3.44. The van der Waals surface area contributed by atoms with Crippen LogP contribution in [-0.2, 0) is 16.9 Å². The lowest BCUT2D eigenvalue weighted by Gasteiger charge is -2.30. The van der Waals surface area contributed by atoms with Crippen molar-refractivity contribution in [3.63, 3.8) is 0 Å². The third-order valence-corrected chi connectivity index (χ3v) is 5.08. The van der Waals surface area contributed by atoms with Crippen molar-refractivity contribution in [2.75, 3.05) is 5.32 Å². The van der Waals surface area contributed by atoms with Crippen LogP contribution in [0.25, 0.3) is 0 Å². The van der Waals surface area contributed by atoms with Gasteiger partial charge in [-0.2, -0.15) is 13.2 Å². The van der Waals surface area contributed by atoms with Gasteiger partial charge >= 0.3 is 11.9 Å². The zero-order chi connectivity index (χ0) is 23.3. The Morgan fingerprint density at radius 2 is 1.84 bits per heavy atom. The number of aromatic amines is 1. The molecule has 2 aromatic heterocycles. The Kier molecular flexibility index (Phi) is 4.79. The predicted molar refractivity (Wildman–Crippen MR) is 104 cm³/mol. The molecule has 0 fully saturated rings. The van der Waals surface area contributed by atoms with Crippen LogP contribution in [0.4, 0.5) is 19.0 Å². The number of H-pyrrole nitrogens is 1. The number of carbonyl (C=O) groups is 2. The molecule has 0 saturated carbocycles. The van der Waals surface area contributed by atoms with E-state index in [4.69, 9.17) is 4.42 Å². The van der Waals surface area contributed by atoms with Crippen molar-refractivity contribution in [3.05, 3.63) is 86.0 Å². The van der Waals surface area contributed by atoms with Gasteiger partial charge in [0.25, 0.3) is 22.9 Å². The molecule has 0 spiro atoms. The fraction of sp³-hybridized carbons (Fsp3) is 0.200. The molecule has 0 radical (unpaired) electrons. The molecule has 9 nitrogen and oxygen atoms in total. The highest BCUT2D eigenvalue weighted by Gasteiger charge is 2.68. The number of hydrogen-bond donors (Lipinski definition) is 3. The average molecular weight is 448 g/mol. The van der Waals surface area contributed by atoms with Gasteiger partial charge in [-0.3, -0.25) is 23.9 Å². The summed E-state index contributed by atoms with van der Waals surface area (Å²) in [6.45, 7) is 1.35.